The molecule has 1 aromatic rings. The molecule has 1 aliphatic rings. The van der Waals surface area contributed by atoms with Crippen molar-refractivity contribution in [3.63, 3.8) is 0 Å². The molecule has 5 nitrogen and oxygen atoms in total. The van der Waals surface area contributed by atoms with Crippen molar-refractivity contribution in [2.75, 3.05) is 32.1 Å². The molecule has 3 N–H and O–H groups in total. The van der Waals surface area contributed by atoms with Crippen LogP contribution in [0.25, 0.3) is 0 Å². The van der Waals surface area contributed by atoms with Gasteiger partial charge in [-0.15, -0.1) is 0 Å². The molecule has 2 amide bonds. The van der Waals surface area contributed by atoms with E-state index >= 15 is 0 Å². The maximum atomic E-state index is 11.9. The monoisotopic (exact) mass is 297 g/mol. The van der Waals surface area contributed by atoms with Crippen molar-refractivity contribution in [2.45, 2.75) is 18.4 Å². The number of hydrogen-bond acceptors (Lipinski definition) is 3. The average molecular weight is 298 g/mol. The molecule has 20 heavy (non-hydrogen) atoms. The standard InChI is InChI=1S/C14H20ClN3O2/c1-20-10-14(6-3-7-17-14)9-16-13(19)18-12-5-2-4-11(15)8-12/h2,4-5,8,17H,3,6-7,9-10H2,1H3,(H2,16,18,19). The van der Waals surface area contributed by atoms with Gasteiger partial charge in [-0.3, -0.25) is 0 Å². The summed E-state index contributed by atoms with van der Waals surface area (Å²) in [5.74, 6) is 0. The molecule has 1 heterocycles. The zero-order valence-corrected chi connectivity index (χ0v) is 12.3. The van der Waals surface area contributed by atoms with Gasteiger partial charge in [0, 0.05) is 24.4 Å². The maximum Gasteiger partial charge on any atom is 0.319 e. The lowest BCUT2D eigenvalue weighted by Gasteiger charge is -2.28. The van der Waals surface area contributed by atoms with Gasteiger partial charge in [-0.1, -0.05) is 17.7 Å². The second-order valence-corrected chi connectivity index (χ2v) is 5.50. The van der Waals surface area contributed by atoms with E-state index < -0.39 is 0 Å². The van der Waals surface area contributed by atoms with Crippen LogP contribution in [0.3, 0.4) is 0 Å². The SMILES string of the molecule is COCC1(CNC(=O)Nc2cccc(Cl)c2)CCCN1. The molecule has 0 aromatic heterocycles. The van der Waals surface area contributed by atoms with Crippen molar-refractivity contribution in [3.8, 4) is 0 Å². The van der Waals surface area contributed by atoms with Gasteiger partial charge in [0.15, 0.2) is 0 Å². The summed E-state index contributed by atoms with van der Waals surface area (Å²) in [7, 11) is 1.67. The molecular weight excluding hydrogens is 278 g/mol. The Morgan fingerprint density at radius 1 is 1.55 bits per heavy atom. The third-order valence-corrected chi connectivity index (χ3v) is 3.66. The number of rotatable bonds is 5. The molecule has 1 fully saturated rings. The molecule has 0 bridgehead atoms. The van der Waals surface area contributed by atoms with Crippen LogP contribution in [0.1, 0.15) is 12.8 Å². The predicted octanol–water partition coefficient (Wildman–Crippen LogP) is 2.23. The zero-order chi connectivity index (χ0) is 14.4. The fraction of sp³-hybridized carbons (Fsp3) is 0.500. The van der Waals surface area contributed by atoms with Gasteiger partial charge in [-0.05, 0) is 37.6 Å². The van der Waals surface area contributed by atoms with Gasteiger partial charge in [0.1, 0.15) is 0 Å². The van der Waals surface area contributed by atoms with Crippen molar-refractivity contribution in [1.82, 2.24) is 10.6 Å². The van der Waals surface area contributed by atoms with Gasteiger partial charge in [0.2, 0.25) is 0 Å². The Labute approximate surface area is 124 Å². The number of urea groups is 1. The molecule has 110 valence electrons. The maximum absolute atomic E-state index is 11.9. The number of carbonyl (C=O) groups excluding carboxylic acids is 1. The average Bonchev–Trinajstić information content (AvgIpc) is 2.86. The first-order valence-electron chi connectivity index (χ1n) is 6.68. The second kappa shape index (κ2) is 6.92. The lowest BCUT2D eigenvalue weighted by molar-refractivity contribution is 0.120. The first-order chi connectivity index (χ1) is 9.63. The van der Waals surface area contributed by atoms with E-state index in [1.54, 1.807) is 31.4 Å². The van der Waals surface area contributed by atoms with Gasteiger partial charge < -0.3 is 20.7 Å². The van der Waals surface area contributed by atoms with Crippen molar-refractivity contribution in [3.05, 3.63) is 29.3 Å². The van der Waals surface area contributed by atoms with Gasteiger partial charge in [0.25, 0.3) is 0 Å². The van der Waals surface area contributed by atoms with E-state index in [4.69, 9.17) is 16.3 Å². The minimum atomic E-state index is -0.239. The summed E-state index contributed by atoms with van der Waals surface area (Å²) in [6.07, 6.45) is 2.10. The van der Waals surface area contributed by atoms with Gasteiger partial charge in [-0.2, -0.15) is 0 Å². The number of methoxy groups -OCH3 is 1. The van der Waals surface area contributed by atoms with Crippen LogP contribution >= 0.6 is 11.6 Å². The molecule has 1 unspecified atom stereocenters. The van der Waals surface area contributed by atoms with Gasteiger partial charge in [0.05, 0.1) is 12.1 Å². The molecule has 1 saturated heterocycles. The molecule has 6 heteroatoms. The van der Waals surface area contributed by atoms with Crippen molar-refractivity contribution in [2.24, 2.45) is 0 Å². The first kappa shape index (κ1) is 15.1. The third-order valence-electron chi connectivity index (χ3n) is 3.42. The highest BCUT2D eigenvalue weighted by Crippen LogP contribution is 2.19. The smallest absolute Gasteiger partial charge is 0.319 e. The molecule has 1 aromatic carbocycles. The third kappa shape index (κ3) is 4.10. The fourth-order valence-corrected chi connectivity index (χ4v) is 2.65. The number of amides is 2. The Morgan fingerprint density at radius 3 is 3.05 bits per heavy atom. The summed E-state index contributed by atoms with van der Waals surface area (Å²) in [5.41, 5.74) is 0.524. The lowest BCUT2D eigenvalue weighted by Crippen LogP contribution is -2.53. The van der Waals surface area contributed by atoms with Crippen LogP contribution in [0.4, 0.5) is 10.5 Å². The molecule has 0 spiro atoms. The summed E-state index contributed by atoms with van der Waals surface area (Å²) in [6, 6.07) is 6.82. The van der Waals surface area contributed by atoms with E-state index in [-0.39, 0.29) is 11.6 Å². The predicted molar refractivity (Wildman–Crippen MR) is 80.3 cm³/mol. The largest absolute Gasteiger partial charge is 0.383 e. The number of halogens is 1. The van der Waals surface area contributed by atoms with E-state index in [9.17, 15) is 4.79 Å². The topological polar surface area (TPSA) is 62.4 Å². The van der Waals surface area contributed by atoms with E-state index in [1.165, 1.54) is 0 Å². The van der Waals surface area contributed by atoms with Gasteiger partial charge >= 0.3 is 6.03 Å². The van der Waals surface area contributed by atoms with Crippen LogP contribution in [-0.2, 0) is 4.74 Å². The van der Waals surface area contributed by atoms with Crippen LogP contribution in [0.2, 0.25) is 5.02 Å². The molecule has 2 rings (SSSR count). The first-order valence-corrected chi connectivity index (χ1v) is 7.06. The van der Waals surface area contributed by atoms with Crippen LogP contribution in [-0.4, -0.2) is 38.4 Å². The Morgan fingerprint density at radius 2 is 2.40 bits per heavy atom. The lowest BCUT2D eigenvalue weighted by atomic mass is 9.99. The number of nitrogens with one attached hydrogen (secondary N) is 3. The highest BCUT2D eigenvalue weighted by atomic mass is 35.5. The Kier molecular flexibility index (Phi) is 5.23. The highest BCUT2D eigenvalue weighted by Gasteiger charge is 2.33. The Balaban J connectivity index is 1.85. The molecule has 0 aliphatic carbocycles. The van der Waals surface area contributed by atoms with E-state index in [0.717, 1.165) is 19.4 Å². The quantitative estimate of drug-likeness (QED) is 0.781. The number of hydrogen-bond donors (Lipinski definition) is 3. The number of anilines is 1. The molecule has 0 saturated carbocycles. The van der Waals surface area contributed by atoms with E-state index in [2.05, 4.69) is 16.0 Å². The highest BCUT2D eigenvalue weighted by molar-refractivity contribution is 6.30. The fourth-order valence-electron chi connectivity index (χ4n) is 2.46. The van der Waals surface area contributed by atoms with Crippen LogP contribution in [0, 0.1) is 0 Å². The Bertz CT molecular complexity index is 461. The zero-order valence-electron chi connectivity index (χ0n) is 11.5. The van der Waals surface area contributed by atoms with E-state index in [0.29, 0.717) is 23.9 Å². The summed E-state index contributed by atoms with van der Waals surface area (Å²) in [6.45, 7) is 2.08. The molecule has 1 atom stereocenters. The van der Waals surface area contributed by atoms with Crippen molar-refractivity contribution < 1.29 is 9.53 Å². The van der Waals surface area contributed by atoms with Crippen LogP contribution in [0.15, 0.2) is 24.3 Å². The number of benzene rings is 1. The van der Waals surface area contributed by atoms with E-state index in [1.807, 2.05) is 0 Å². The number of ether oxygens (including phenoxy) is 1. The molecule has 0 radical (unpaired) electrons. The summed E-state index contributed by atoms with van der Waals surface area (Å²) in [5, 5.41) is 9.65. The molecular formula is C14H20ClN3O2. The molecule has 1 aliphatic heterocycles. The van der Waals surface area contributed by atoms with Gasteiger partial charge in [-0.25, -0.2) is 4.79 Å². The summed E-state index contributed by atoms with van der Waals surface area (Å²) < 4.78 is 5.24. The minimum absolute atomic E-state index is 0.152. The minimum Gasteiger partial charge on any atom is -0.383 e. The van der Waals surface area contributed by atoms with Crippen LogP contribution in [0.5, 0.6) is 0 Å². The van der Waals surface area contributed by atoms with Crippen molar-refractivity contribution in [1.29, 1.82) is 0 Å². The summed E-state index contributed by atoms with van der Waals surface area (Å²) in [4.78, 5) is 11.9. The summed E-state index contributed by atoms with van der Waals surface area (Å²) >= 11 is 5.87. The second-order valence-electron chi connectivity index (χ2n) is 5.06. The van der Waals surface area contributed by atoms with Crippen molar-refractivity contribution >= 4 is 23.3 Å². The van der Waals surface area contributed by atoms with Crippen LogP contribution < -0.4 is 16.0 Å². The Hall–Kier alpha value is -1.30. The number of carbonyl (C=O) groups is 1. The normalized spacial score (nSPS) is 21.7.